The van der Waals surface area contributed by atoms with Crippen LogP contribution >= 0.6 is 11.6 Å². The number of anilines is 1. The van der Waals surface area contributed by atoms with Crippen LogP contribution in [0.5, 0.6) is 5.75 Å². The molecule has 1 heterocycles. The van der Waals surface area contributed by atoms with Crippen LogP contribution in [0.3, 0.4) is 0 Å². The van der Waals surface area contributed by atoms with E-state index in [1.807, 2.05) is 12.1 Å². The molecule has 7 heteroatoms. The van der Waals surface area contributed by atoms with Crippen LogP contribution in [0, 0.1) is 6.92 Å². The van der Waals surface area contributed by atoms with E-state index in [0.29, 0.717) is 22.4 Å². The highest BCUT2D eigenvalue weighted by Crippen LogP contribution is 2.30. The van der Waals surface area contributed by atoms with Crippen molar-refractivity contribution < 1.29 is 17.9 Å². The second kappa shape index (κ2) is 7.53. The molecule has 0 spiro atoms. The number of oxazole rings is 1. The maximum absolute atomic E-state index is 12.5. The summed E-state index contributed by atoms with van der Waals surface area (Å²) in [6.45, 7) is -0.864. The average Bonchev–Trinajstić information content (AvgIpc) is 3.03. The number of halogens is 3. The van der Waals surface area contributed by atoms with Crippen molar-refractivity contribution >= 4 is 17.3 Å². The summed E-state index contributed by atoms with van der Waals surface area (Å²) in [5.74, 6) is 1.07. The molecule has 0 bridgehead atoms. The van der Waals surface area contributed by atoms with Crippen LogP contribution in [0.1, 0.15) is 11.5 Å². The summed E-state index contributed by atoms with van der Waals surface area (Å²) >= 11 is 5.97. The average molecular weight is 365 g/mol. The molecule has 0 unspecified atom stereocenters. The summed E-state index contributed by atoms with van der Waals surface area (Å²) in [7, 11) is 0. The van der Waals surface area contributed by atoms with Crippen molar-refractivity contribution in [3.8, 4) is 17.1 Å². The van der Waals surface area contributed by atoms with Gasteiger partial charge in [0.2, 0.25) is 5.89 Å². The van der Waals surface area contributed by atoms with Gasteiger partial charge in [0.25, 0.3) is 0 Å². The van der Waals surface area contributed by atoms with Gasteiger partial charge in [0.05, 0.1) is 18.4 Å². The number of alkyl halides is 2. The number of benzene rings is 2. The molecule has 2 aromatic carbocycles. The zero-order valence-electron chi connectivity index (χ0n) is 13.3. The third kappa shape index (κ3) is 4.28. The first-order valence-corrected chi connectivity index (χ1v) is 7.89. The summed E-state index contributed by atoms with van der Waals surface area (Å²) in [4.78, 5) is 4.20. The Bertz CT molecular complexity index is 868. The van der Waals surface area contributed by atoms with E-state index in [4.69, 9.17) is 16.0 Å². The minimum atomic E-state index is -2.89. The number of nitrogens with one attached hydrogen (secondary N) is 1. The number of rotatable bonds is 6. The Balaban J connectivity index is 1.75. The van der Waals surface area contributed by atoms with Crippen LogP contribution in [0.2, 0.25) is 5.02 Å². The fourth-order valence-corrected chi connectivity index (χ4v) is 2.58. The Morgan fingerprint density at radius 2 is 2.04 bits per heavy atom. The van der Waals surface area contributed by atoms with E-state index in [2.05, 4.69) is 15.0 Å². The van der Waals surface area contributed by atoms with E-state index in [1.165, 1.54) is 6.07 Å². The van der Waals surface area contributed by atoms with Crippen LogP contribution in [0.15, 0.2) is 53.1 Å². The van der Waals surface area contributed by atoms with Gasteiger partial charge in [-0.05, 0) is 30.7 Å². The van der Waals surface area contributed by atoms with Gasteiger partial charge in [-0.1, -0.05) is 35.9 Å². The number of aryl methyl sites for hydroxylation is 1. The van der Waals surface area contributed by atoms with E-state index in [0.717, 1.165) is 11.1 Å². The Kier molecular flexibility index (Phi) is 5.19. The molecule has 0 atom stereocenters. The quantitative estimate of drug-likeness (QED) is 0.626. The summed E-state index contributed by atoms with van der Waals surface area (Å²) < 4.78 is 35.3. The predicted octanol–water partition coefficient (Wildman–Crippen LogP) is 5.52. The van der Waals surface area contributed by atoms with Crippen molar-refractivity contribution in [2.24, 2.45) is 0 Å². The van der Waals surface area contributed by atoms with Gasteiger partial charge in [0, 0.05) is 10.6 Å². The first-order chi connectivity index (χ1) is 12.0. The standard InChI is InChI=1S/C18H15ClF2N2O2/c1-11-4-2-7-14(25-18(20)21)17(11)23-10-16-22-9-15(24-16)12-5-3-6-13(19)8-12/h2-9,18,23H,10H2,1H3. The summed E-state index contributed by atoms with van der Waals surface area (Å²) in [5, 5.41) is 3.64. The molecule has 0 saturated heterocycles. The number of para-hydroxylation sites is 1. The SMILES string of the molecule is Cc1cccc(OC(F)F)c1NCc1ncc(-c2cccc(Cl)c2)o1. The van der Waals surface area contributed by atoms with Crippen molar-refractivity contribution in [1.29, 1.82) is 0 Å². The van der Waals surface area contributed by atoms with Crippen molar-refractivity contribution in [3.05, 3.63) is 65.1 Å². The normalized spacial score (nSPS) is 10.9. The maximum atomic E-state index is 12.5. The molecule has 0 aliphatic rings. The molecular formula is C18H15ClF2N2O2. The molecule has 1 aromatic heterocycles. The van der Waals surface area contributed by atoms with Gasteiger partial charge in [-0.3, -0.25) is 0 Å². The summed E-state index contributed by atoms with van der Waals surface area (Å²) in [5.41, 5.74) is 2.06. The van der Waals surface area contributed by atoms with Gasteiger partial charge >= 0.3 is 6.61 Å². The second-order valence-electron chi connectivity index (χ2n) is 5.31. The zero-order chi connectivity index (χ0) is 17.8. The number of nitrogens with zero attached hydrogens (tertiary/aromatic N) is 1. The molecule has 0 radical (unpaired) electrons. The van der Waals surface area contributed by atoms with E-state index >= 15 is 0 Å². The summed E-state index contributed by atoms with van der Waals surface area (Å²) in [6, 6.07) is 12.2. The minimum absolute atomic E-state index is 0.0802. The van der Waals surface area contributed by atoms with Crippen LogP contribution in [0.4, 0.5) is 14.5 Å². The van der Waals surface area contributed by atoms with Crippen molar-refractivity contribution in [1.82, 2.24) is 4.98 Å². The molecule has 0 saturated carbocycles. The second-order valence-corrected chi connectivity index (χ2v) is 5.75. The van der Waals surface area contributed by atoms with Gasteiger partial charge in [-0.2, -0.15) is 8.78 Å². The lowest BCUT2D eigenvalue weighted by Crippen LogP contribution is -2.07. The highest BCUT2D eigenvalue weighted by atomic mass is 35.5. The molecule has 130 valence electrons. The molecule has 0 fully saturated rings. The molecule has 4 nitrogen and oxygen atoms in total. The monoisotopic (exact) mass is 364 g/mol. The fraction of sp³-hybridized carbons (Fsp3) is 0.167. The molecule has 0 aliphatic heterocycles. The van der Waals surface area contributed by atoms with Gasteiger partial charge in [0.15, 0.2) is 5.76 Å². The Morgan fingerprint density at radius 1 is 1.24 bits per heavy atom. The van der Waals surface area contributed by atoms with E-state index < -0.39 is 6.61 Å². The first-order valence-electron chi connectivity index (χ1n) is 7.52. The number of hydrogen-bond acceptors (Lipinski definition) is 4. The Hall–Kier alpha value is -2.60. The zero-order valence-corrected chi connectivity index (χ0v) is 14.1. The Labute approximate surface area is 148 Å². The lowest BCUT2D eigenvalue weighted by Gasteiger charge is -2.14. The van der Waals surface area contributed by atoms with Gasteiger partial charge < -0.3 is 14.5 Å². The lowest BCUT2D eigenvalue weighted by molar-refractivity contribution is -0.0493. The van der Waals surface area contributed by atoms with E-state index in [-0.39, 0.29) is 12.3 Å². The first kappa shape index (κ1) is 17.2. The summed E-state index contributed by atoms with van der Waals surface area (Å²) in [6.07, 6.45) is 1.59. The van der Waals surface area contributed by atoms with E-state index in [9.17, 15) is 8.78 Å². The minimum Gasteiger partial charge on any atom is -0.439 e. The molecule has 25 heavy (non-hydrogen) atoms. The molecule has 0 amide bonds. The Morgan fingerprint density at radius 3 is 2.80 bits per heavy atom. The maximum Gasteiger partial charge on any atom is 0.387 e. The lowest BCUT2D eigenvalue weighted by atomic mass is 10.2. The highest BCUT2D eigenvalue weighted by Gasteiger charge is 2.13. The van der Waals surface area contributed by atoms with Crippen molar-refractivity contribution in [3.63, 3.8) is 0 Å². The van der Waals surface area contributed by atoms with Gasteiger partial charge in [-0.25, -0.2) is 4.98 Å². The third-order valence-electron chi connectivity index (χ3n) is 3.53. The highest BCUT2D eigenvalue weighted by molar-refractivity contribution is 6.30. The largest absolute Gasteiger partial charge is 0.439 e. The molecular weight excluding hydrogens is 350 g/mol. The fourth-order valence-electron chi connectivity index (χ4n) is 2.39. The molecule has 3 aromatic rings. The van der Waals surface area contributed by atoms with Crippen LogP contribution < -0.4 is 10.1 Å². The van der Waals surface area contributed by atoms with E-state index in [1.54, 1.807) is 37.4 Å². The number of hydrogen-bond donors (Lipinski definition) is 1. The predicted molar refractivity (Wildman–Crippen MR) is 92.1 cm³/mol. The number of aromatic nitrogens is 1. The van der Waals surface area contributed by atoms with Crippen molar-refractivity contribution in [2.45, 2.75) is 20.1 Å². The molecule has 0 aliphatic carbocycles. The van der Waals surface area contributed by atoms with Crippen molar-refractivity contribution in [2.75, 3.05) is 5.32 Å². The topological polar surface area (TPSA) is 47.3 Å². The van der Waals surface area contributed by atoms with Crippen LogP contribution in [-0.2, 0) is 6.54 Å². The molecule has 1 N–H and O–H groups in total. The smallest absolute Gasteiger partial charge is 0.387 e. The third-order valence-corrected chi connectivity index (χ3v) is 3.76. The number of ether oxygens (including phenoxy) is 1. The van der Waals surface area contributed by atoms with Crippen LogP contribution in [-0.4, -0.2) is 11.6 Å². The van der Waals surface area contributed by atoms with Gasteiger partial charge in [-0.15, -0.1) is 0 Å². The molecule has 3 rings (SSSR count). The van der Waals surface area contributed by atoms with Gasteiger partial charge in [0.1, 0.15) is 5.75 Å². The van der Waals surface area contributed by atoms with Crippen LogP contribution in [0.25, 0.3) is 11.3 Å².